The fourth-order valence-corrected chi connectivity index (χ4v) is 1.85. The molecule has 4 heteroatoms. The van der Waals surface area contributed by atoms with Gasteiger partial charge in [-0.15, -0.1) is 0 Å². The van der Waals surface area contributed by atoms with E-state index < -0.39 is 0 Å². The number of hydrogen-bond donors (Lipinski definition) is 0. The van der Waals surface area contributed by atoms with Crippen LogP contribution in [0.4, 0.5) is 0 Å². The lowest BCUT2D eigenvalue weighted by molar-refractivity contribution is 0.111. The smallest absolute Gasteiger partial charge is 0.168 e. The lowest BCUT2D eigenvalue weighted by atomic mass is 10.1. The third-order valence-corrected chi connectivity index (χ3v) is 2.75. The summed E-state index contributed by atoms with van der Waals surface area (Å²) < 4.78 is 7.16. The second-order valence-electron chi connectivity index (χ2n) is 4.13. The summed E-state index contributed by atoms with van der Waals surface area (Å²) in [6.45, 7) is 4.56. The number of nitrogens with zero attached hydrogens (tertiary/aromatic N) is 2. The van der Waals surface area contributed by atoms with Crippen LogP contribution in [0.15, 0.2) is 24.3 Å². The predicted octanol–water partition coefficient (Wildman–Crippen LogP) is 2.61. The monoisotopic (exact) mass is 244 g/mol. The molecule has 18 heavy (non-hydrogen) atoms. The summed E-state index contributed by atoms with van der Waals surface area (Å²) in [6, 6.07) is 7.72. The fraction of sp³-hybridized carbons (Fsp3) is 0.286. The van der Waals surface area contributed by atoms with Gasteiger partial charge in [-0.1, -0.05) is 11.6 Å². The molecule has 2 rings (SSSR count). The summed E-state index contributed by atoms with van der Waals surface area (Å²) in [6.07, 6.45) is 0.798. The molecule has 0 saturated carbocycles. The molecule has 0 unspecified atom stereocenters. The number of aryl methyl sites for hydroxylation is 2. The molecule has 1 heterocycles. The molecular formula is C14H16N2O2. The maximum absolute atomic E-state index is 10.9. The Morgan fingerprint density at radius 3 is 2.78 bits per heavy atom. The van der Waals surface area contributed by atoms with Gasteiger partial charge >= 0.3 is 0 Å². The largest absolute Gasteiger partial charge is 0.493 e. The molecule has 0 amide bonds. The Labute approximate surface area is 106 Å². The highest BCUT2D eigenvalue weighted by molar-refractivity contribution is 5.77. The van der Waals surface area contributed by atoms with Crippen molar-refractivity contribution in [2.24, 2.45) is 7.05 Å². The van der Waals surface area contributed by atoms with Gasteiger partial charge in [-0.25, -0.2) is 0 Å². The van der Waals surface area contributed by atoms with Crippen LogP contribution in [-0.2, 0) is 7.05 Å². The SMILES string of the molecule is CCOc1ccc(C)cc1-c1cc(C=O)n(C)n1. The van der Waals surface area contributed by atoms with Gasteiger partial charge in [0.25, 0.3) is 0 Å². The van der Waals surface area contributed by atoms with Crippen molar-refractivity contribution >= 4 is 6.29 Å². The zero-order valence-corrected chi connectivity index (χ0v) is 10.8. The van der Waals surface area contributed by atoms with Crippen molar-refractivity contribution in [3.8, 4) is 17.0 Å². The van der Waals surface area contributed by atoms with E-state index in [1.54, 1.807) is 17.8 Å². The second-order valence-corrected chi connectivity index (χ2v) is 4.13. The van der Waals surface area contributed by atoms with Crippen molar-refractivity contribution in [1.82, 2.24) is 9.78 Å². The summed E-state index contributed by atoms with van der Waals surface area (Å²) in [7, 11) is 1.75. The molecule has 0 radical (unpaired) electrons. The Morgan fingerprint density at radius 2 is 2.17 bits per heavy atom. The topological polar surface area (TPSA) is 44.1 Å². The summed E-state index contributed by atoms with van der Waals surface area (Å²) >= 11 is 0. The van der Waals surface area contributed by atoms with Gasteiger partial charge in [-0.2, -0.15) is 5.10 Å². The molecule has 0 aliphatic heterocycles. The van der Waals surface area contributed by atoms with Crippen molar-refractivity contribution < 1.29 is 9.53 Å². The normalized spacial score (nSPS) is 10.4. The highest BCUT2D eigenvalue weighted by Gasteiger charge is 2.11. The lowest BCUT2D eigenvalue weighted by Crippen LogP contribution is -1.97. The third kappa shape index (κ3) is 2.27. The summed E-state index contributed by atoms with van der Waals surface area (Å²) in [5, 5.41) is 4.34. The minimum atomic E-state index is 0.550. The van der Waals surface area contributed by atoms with Gasteiger partial charge in [0.1, 0.15) is 11.4 Å². The van der Waals surface area contributed by atoms with Crippen LogP contribution in [0, 0.1) is 6.92 Å². The number of carbonyl (C=O) groups excluding carboxylic acids is 1. The standard InChI is InChI=1S/C14H16N2O2/c1-4-18-14-6-5-10(2)7-12(14)13-8-11(9-17)16(3)15-13/h5-9H,4H2,1-3H3. The first-order valence-electron chi connectivity index (χ1n) is 5.88. The molecular weight excluding hydrogens is 228 g/mol. The van der Waals surface area contributed by atoms with E-state index in [1.165, 1.54) is 0 Å². The van der Waals surface area contributed by atoms with Crippen LogP contribution in [0.3, 0.4) is 0 Å². The number of ether oxygens (including phenoxy) is 1. The third-order valence-electron chi connectivity index (χ3n) is 2.75. The zero-order chi connectivity index (χ0) is 13.1. The quantitative estimate of drug-likeness (QED) is 0.776. The van der Waals surface area contributed by atoms with E-state index in [0.29, 0.717) is 12.3 Å². The molecule has 4 nitrogen and oxygen atoms in total. The first kappa shape index (κ1) is 12.4. The van der Waals surface area contributed by atoms with Crippen molar-refractivity contribution in [3.63, 3.8) is 0 Å². The Bertz CT molecular complexity index is 573. The van der Waals surface area contributed by atoms with E-state index >= 15 is 0 Å². The number of aldehydes is 1. The van der Waals surface area contributed by atoms with Crippen LogP contribution in [0.2, 0.25) is 0 Å². The predicted molar refractivity (Wildman–Crippen MR) is 69.9 cm³/mol. The highest BCUT2D eigenvalue weighted by atomic mass is 16.5. The molecule has 0 atom stereocenters. The van der Waals surface area contributed by atoms with Crippen LogP contribution in [0.25, 0.3) is 11.3 Å². The van der Waals surface area contributed by atoms with E-state index in [9.17, 15) is 4.79 Å². The average Bonchev–Trinajstić information content (AvgIpc) is 2.73. The van der Waals surface area contributed by atoms with E-state index in [-0.39, 0.29) is 0 Å². The number of aromatic nitrogens is 2. The van der Waals surface area contributed by atoms with E-state index in [0.717, 1.165) is 28.9 Å². The molecule has 2 aromatic rings. The average molecular weight is 244 g/mol. The van der Waals surface area contributed by atoms with Gasteiger partial charge in [0.2, 0.25) is 0 Å². The number of carbonyl (C=O) groups is 1. The second kappa shape index (κ2) is 5.04. The molecule has 1 aromatic heterocycles. The van der Waals surface area contributed by atoms with Crippen molar-refractivity contribution in [1.29, 1.82) is 0 Å². The van der Waals surface area contributed by atoms with Crippen LogP contribution in [0.1, 0.15) is 23.0 Å². The van der Waals surface area contributed by atoms with E-state index in [1.807, 2.05) is 32.0 Å². The molecule has 1 aromatic carbocycles. The van der Waals surface area contributed by atoms with E-state index in [2.05, 4.69) is 5.10 Å². The molecule has 0 N–H and O–H groups in total. The molecule has 0 saturated heterocycles. The Balaban J connectivity index is 2.53. The van der Waals surface area contributed by atoms with Crippen molar-refractivity contribution in [2.45, 2.75) is 13.8 Å². The van der Waals surface area contributed by atoms with Crippen molar-refractivity contribution in [3.05, 3.63) is 35.5 Å². The summed E-state index contributed by atoms with van der Waals surface area (Å²) in [5.74, 6) is 0.790. The van der Waals surface area contributed by atoms with Crippen LogP contribution >= 0.6 is 0 Å². The number of rotatable bonds is 4. The van der Waals surface area contributed by atoms with Gasteiger partial charge in [-0.05, 0) is 32.0 Å². The first-order valence-corrected chi connectivity index (χ1v) is 5.88. The van der Waals surface area contributed by atoms with E-state index in [4.69, 9.17) is 4.74 Å². The zero-order valence-electron chi connectivity index (χ0n) is 10.8. The van der Waals surface area contributed by atoms with Crippen LogP contribution in [0.5, 0.6) is 5.75 Å². The molecule has 0 spiro atoms. The minimum Gasteiger partial charge on any atom is -0.493 e. The summed E-state index contributed by atoms with van der Waals surface area (Å²) in [5.41, 5.74) is 3.35. The number of hydrogen-bond acceptors (Lipinski definition) is 3. The molecule has 94 valence electrons. The Kier molecular flexibility index (Phi) is 3.46. The highest BCUT2D eigenvalue weighted by Crippen LogP contribution is 2.30. The minimum absolute atomic E-state index is 0.550. The van der Waals surface area contributed by atoms with Crippen LogP contribution < -0.4 is 4.74 Å². The van der Waals surface area contributed by atoms with Crippen LogP contribution in [-0.4, -0.2) is 22.7 Å². The molecule has 0 aliphatic carbocycles. The molecule has 0 fully saturated rings. The number of benzene rings is 1. The first-order chi connectivity index (χ1) is 8.65. The summed E-state index contributed by atoms with van der Waals surface area (Å²) in [4.78, 5) is 10.9. The van der Waals surface area contributed by atoms with Crippen molar-refractivity contribution in [2.75, 3.05) is 6.61 Å². The van der Waals surface area contributed by atoms with Gasteiger partial charge < -0.3 is 4.74 Å². The maximum atomic E-state index is 10.9. The molecule has 0 bridgehead atoms. The lowest BCUT2D eigenvalue weighted by Gasteiger charge is -2.09. The van der Waals surface area contributed by atoms with Gasteiger partial charge in [0, 0.05) is 12.6 Å². The molecule has 0 aliphatic rings. The van der Waals surface area contributed by atoms with Gasteiger partial charge in [-0.3, -0.25) is 9.48 Å². The fourth-order valence-electron chi connectivity index (χ4n) is 1.85. The van der Waals surface area contributed by atoms with Gasteiger partial charge in [0.05, 0.1) is 12.3 Å². The Hall–Kier alpha value is -2.10. The Morgan fingerprint density at radius 1 is 1.39 bits per heavy atom. The van der Waals surface area contributed by atoms with Gasteiger partial charge in [0.15, 0.2) is 6.29 Å². The maximum Gasteiger partial charge on any atom is 0.168 e.